The molecule has 13 heavy (non-hydrogen) atoms. The lowest BCUT2D eigenvalue weighted by Crippen LogP contribution is -2.39. The highest BCUT2D eigenvalue weighted by Crippen LogP contribution is 2.23. The molecule has 0 aromatic carbocycles. The van der Waals surface area contributed by atoms with Gasteiger partial charge in [0, 0.05) is 13.2 Å². The zero-order valence-electron chi connectivity index (χ0n) is 8.30. The van der Waals surface area contributed by atoms with Crippen molar-refractivity contribution < 1.29 is 9.53 Å². The van der Waals surface area contributed by atoms with Crippen LogP contribution >= 0.6 is 0 Å². The molecule has 0 aliphatic carbocycles. The number of amides is 1. The van der Waals surface area contributed by atoms with E-state index < -0.39 is 0 Å². The van der Waals surface area contributed by atoms with Crippen molar-refractivity contribution in [2.45, 2.75) is 32.3 Å². The van der Waals surface area contributed by atoms with Crippen molar-refractivity contribution in [2.24, 2.45) is 0 Å². The zero-order chi connectivity index (χ0) is 9.73. The van der Waals surface area contributed by atoms with Crippen LogP contribution in [0.3, 0.4) is 0 Å². The molecule has 0 spiro atoms. The molecule has 0 radical (unpaired) electrons. The van der Waals surface area contributed by atoms with Crippen LogP contribution in [-0.4, -0.2) is 24.7 Å². The summed E-state index contributed by atoms with van der Waals surface area (Å²) >= 11 is 0. The Morgan fingerprint density at radius 1 is 1.69 bits per heavy atom. The van der Waals surface area contributed by atoms with Crippen LogP contribution in [0.5, 0.6) is 0 Å². The molecule has 0 bridgehead atoms. The number of ether oxygens (including phenoxy) is 1. The van der Waals surface area contributed by atoms with Crippen LogP contribution < -0.4 is 5.32 Å². The molecule has 1 aliphatic rings. The Morgan fingerprint density at radius 3 is 3.00 bits per heavy atom. The normalized spacial score (nSPS) is 28.2. The third kappa shape index (κ3) is 3.19. The van der Waals surface area contributed by atoms with Gasteiger partial charge in [-0.05, 0) is 32.8 Å². The first-order valence-corrected chi connectivity index (χ1v) is 4.71. The molecule has 1 fully saturated rings. The van der Waals surface area contributed by atoms with Gasteiger partial charge in [0.1, 0.15) is 0 Å². The van der Waals surface area contributed by atoms with Crippen LogP contribution in [-0.2, 0) is 9.53 Å². The second-order valence-corrected chi connectivity index (χ2v) is 3.62. The Hall–Kier alpha value is -0.830. The minimum Gasteiger partial charge on any atom is -0.373 e. The number of nitrogens with one attached hydrogen (secondary N) is 1. The van der Waals surface area contributed by atoms with Gasteiger partial charge in [0.05, 0.1) is 5.60 Å². The summed E-state index contributed by atoms with van der Waals surface area (Å²) < 4.78 is 5.53. The highest BCUT2D eigenvalue weighted by Gasteiger charge is 2.29. The van der Waals surface area contributed by atoms with Crippen molar-refractivity contribution in [3.05, 3.63) is 12.2 Å². The fourth-order valence-electron chi connectivity index (χ4n) is 1.46. The van der Waals surface area contributed by atoms with E-state index >= 15 is 0 Å². The fraction of sp³-hybridized carbons (Fsp3) is 0.700. The first-order valence-electron chi connectivity index (χ1n) is 4.71. The molecule has 0 aromatic rings. The predicted molar refractivity (Wildman–Crippen MR) is 51.4 cm³/mol. The zero-order valence-corrected chi connectivity index (χ0v) is 8.30. The number of carbonyl (C=O) groups excluding carboxylic acids is 1. The topological polar surface area (TPSA) is 38.3 Å². The molecule has 74 valence electrons. The lowest BCUT2D eigenvalue weighted by Gasteiger charge is -2.22. The molecular weight excluding hydrogens is 166 g/mol. The Bertz CT molecular complexity index is 205. The third-order valence-corrected chi connectivity index (χ3v) is 2.26. The molecule has 1 heterocycles. The summed E-state index contributed by atoms with van der Waals surface area (Å²) in [5.41, 5.74) is -0.142. The third-order valence-electron chi connectivity index (χ3n) is 2.26. The van der Waals surface area contributed by atoms with Crippen LogP contribution in [0.2, 0.25) is 0 Å². The predicted octanol–water partition coefficient (Wildman–Crippen LogP) is 1.25. The SMILES string of the molecule is C/C=C/C(=O)NCC1(C)CCCO1. The van der Waals surface area contributed by atoms with Gasteiger partial charge in [0.25, 0.3) is 0 Å². The Labute approximate surface area is 79.2 Å². The van der Waals surface area contributed by atoms with Gasteiger partial charge in [-0.3, -0.25) is 4.79 Å². The summed E-state index contributed by atoms with van der Waals surface area (Å²) in [5, 5.41) is 2.82. The van der Waals surface area contributed by atoms with E-state index in [1.807, 2.05) is 13.8 Å². The quantitative estimate of drug-likeness (QED) is 0.669. The van der Waals surface area contributed by atoms with E-state index in [1.54, 1.807) is 6.08 Å². The molecule has 1 aliphatic heterocycles. The second kappa shape index (κ2) is 4.42. The monoisotopic (exact) mass is 183 g/mol. The van der Waals surface area contributed by atoms with E-state index in [9.17, 15) is 4.79 Å². The van der Waals surface area contributed by atoms with Crippen molar-refractivity contribution in [3.63, 3.8) is 0 Å². The van der Waals surface area contributed by atoms with Crippen LogP contribution in [0.15, 0.2) is 12.2 Å². The van der Waals surface area contributed by atoms with Crippen LogP contribution in [0.25, 0.3) is 0 Å². The van der Waals surface area contributed by atoms with Gasteiger partial charge in [0.15, 0.2) is 0 Å². The Morgan fingerprint density at radius 2 is 2.46 bits per heavy atom. The van der Waals surface area contributed by atoms with Gasteiger partial charge in [-0.2, -0.15) is 0 Å². The minimum absolute atomic E-state index is 0.0424. The highest BCUT2D eigenvalue weighted by atomic mass is 16.5. The van der Waals surface area contributed by atoms with Crippen molar-refractivity contribution in [1.29, 1.82) is 0 Å². The van der Waals surface area contributed by atoms with E-state index in [1.165, 1.54) is 6.08 Å². The highest BCUT2D eigenvalue weighted by molar-refractivity contribution is 5.87. The van der Waals surface area contributed by atoms with E-state index in [0.717, 1.165) is 19.4 Å². The summed E-state index contributed by atoms with van der Waals surface area (Å²) in [6, 6.07) is 0. The molecule has 1 saturated heterocycles. The fourth-order valence-corrected chi connectivity index (χ4v) is 1.46. The number of allylic oxidation sites excluding steroid dienone is 1. The average molecular weight is 183 g/mol. The van der Waals surface area contributed by atoms with Gasteiger partial charge < -0.3 is 10.1 Å². The van der Waals surface area contributed by atoms with Crippen LogP contribution in [0, 0.1) is 0 Å². The maximum Gasteiger partial charge on any atom is 0.243 e. The molecular formula is C10H17NO2. The standard InChI is InChI=1S/C10H17NO2/c1-3-5-9(12)11-8-10(2)6-4-7-13-10/h3,5H,4,6-8H2,1-2H3,(H,11,12)/b5-3+. The Kier molecular flexibility index (Phi) is 3.48. The summed E-state index contributed by atoms with van der Waals surface area (Å²) in [6.45, 7) is 5.29. The maximum absolute atomic E-state index is 11.1. The van der Waals surface area contributed by atoms with Gasteiger partial charge in [-0.15, -0.1) is 0 Å². The van der Waals surface area contributed by atoms with Crippen molar-refractivity contribution in [3.8, 4) is 0 Å². The summed E-state index contributed by atoms with van der Waals surface area (Å²) in [7, 11) is 0. The van der Waals surface area contributed by atoms with Gasteiger partial charge in [0.2, 0.25) is 5.91 Å². The maximum atomic E-state index is 11.1. The second-order valence-electron chi connectivity index (χ2n) is 3.62. The number of hydrogen-bond acceptors (Lipinski definition) is 2. The van der Waals surface area contributed by atoms with Gasteiger partial charge >= 0.3 is 0 Å². The van der Waals surface area contributed by atoms with E-state index in [4.69, 9.17) is 4.74 Å². The van der Waals surface area contributed by atoms with E-state index in [0.29, 0.717) is 6.54 Å². The molecule has 1 unspecified atom stereocenters. The first kappa shape index (κ1) is 10.3. The molecule has 3 nitrogen and oxygen atoms in total. The average Bonchev–Trinajstić information content (AvgIpc) is 2.51. The molecule has 1 rings (SSSR count). The first-order chi connectivity index (χ1) is 6.16. The largest absolute Gasteiger partial charge is 0.373 e. The molecule has 0 saturated carbocycles. The molecule has 3 heteroatoms. The summed E-state index contributed by atoms with van der Waals surface area (Å²) in [4.78, 5) is 11.1. The van der Waals surface area contributed by atoms with Crippen molar-refractivity contribution in [2.75, 3.05) is 13.2 Å². The molecule has 1 amide bonds. The van der Waals surface area contributed by atoms with E-state index in [2.05, 4.69) is 5.32 Å². The van der Waals surface area contributed by atoms with Gasteiger partial charge in [-0.1, -0.05) is 6.08 Å². The Balaban J connectivity index is 2.28. The van der Waals surface area contributed by atoms with Crippen molar-refractivity contribution >= 4 is 5.91 Å². The number of rotatable bonds is 3. The molecule has 1 N–H and O–H groups in total. The van der Waals surface area contributed by atoms with Crippen molar-refractivity contribution in [1.82, 2.24) is 5.32 Å². The smallest absolute Gasteiger partial charge is 0.243 e. The van der Waals surface area contributed by atoms with Crippen LogP contribution in [0.1, 0.15) is 26.7 Å². The lowest BCUT2D eigenvalue weighted by atomic mass is 10.0. The minimum atomic E-state index is -0.142. The van der Waals surface area contributed by atoms with E-state index in [-0.39, 0.29) is 11.5 Å². The molecule has 0 aromatic heterocycles. The van der Waals surface area contributed by atoms with Crippen LogP contribution in [0.4, 0.5) is 0 Å². The summed E-state index contributed by atoms with van der Waals surface area (Å²) in [5.74, 6) is -0.0424. The summed E-state index contributed by atoms with van der Waals surface area (Å²) in [6.07, 6.45) is 5.38. The van der Waals surface area contributed by atoms with Gasteiger partial charge in [-0.25, -0.2) is 0 Å². The lowest BCUT2D eigenvalue weighted by molar-refractivity contribution is -0.117. The molecule has 1 atom stereocenters. The number of carbonyl (C=O) groups is 1. The number of hydrogen-bond donors (Lipinski definition) is 1.